The molecule has 2 heterocycles. The largest absolute Gasteiger partial charge is 0.478 e. The number of hydrogen-bond acceptors (Lipinski definition) is 26. The highest BCUT2D eigenvalue weighted by Gasteiger charge is 2.56. The summed E-state index contributed by atoms with van der Waals surface area (Å²) < 4.78 is 35.0. The predicted octanol–water partition coefficient (Wildman–Crippen LogP) is -0.0962. The quantitative estimate of drug-likeness (QED) is 0.0121. The number of nitrogens with one attached hydrogen (secondary N) is 4. The molecule has 0 aromatic rings. The highest BCUT2D eigenvalue weighted by atomic mass is 16.5. The molecule has 0 aromatic carbocycles. The van der Waals surface area contributed by atoms with Crippen LogP contribution in [0.25, 0.3) is 41.8 Å². The number of rotatable bonds is 23. The Bertz CT molecular complexity index is 3150. The minimum atomic E-state index is -1.10. The second-order valence-corrected chi connectivity index (χ2v) is 21.6. The first-order valence-electron chi connectivity index (χ1n) is 29.1. The molecule has 17 atom stereocenters. The van der Waals surface area contributed by atoms with Gasteiger partial charge in [-0.1, -0.05) is 56.9 Å². The predicted molar refractivity (Wildman–Crippen MR) is 328 cm³/mol. The van der Waals surface area contributed by atoms with Gasteiger partial charge in [0.25, 0.3) is 0 Å². The molecule has 520 valence electrons. The summed E-state index contributed by atoms with van der Waals surface area (Å²) in [6.07, 6.45) is 6.61. The number of carboxylic acids is 1. The van der Waals surface area contributed by atoms with Gasteiger partial charge < -0.3 is 90.6 Å². The van der Waals surface area contributed by atoms with Gasteiger partial charge in [-0.15, -0.1) is 6.58 Å². The van der Waals surface area contributed by atoms with Crippen LogP contribution in [0.4, 0.5) is 0 Å². The maximum Gasteiger partial charge on any atom is 0.333 e. The molecule has 2 saturated heterocycles. The first-order valence-corrected chi connectivity index (χ1v) is 29.1. The number of aliphatic hydroxyl groups is 4. The van der Waals surface area contributed by atoms with Gasteiger partial charge in [0.2, 0.25) is 23.6 Å². The van der Waals surface area contributed by atoms with Gasteiger partial charge in [0.15, 0.2) is 0 Å². The van der Waals surface area contributed by atoms with E-state index >= 15 is 0 Å². The summed E-state index contributed by atoms with van der Waals surface area (Å²) in [5, 5.41) is 70.7. The Kier molecular flexibility index (Phi) is 33.6. The summed E-state index contributed by atoms with van der Waals surface area (Å²) in [6.45, 7) is 7.92. The van der Waals surface area contributed by atoms with E-state index in [1.165, 1.54) is 74.4 Å². The van der Waals surface area contributed by atoms with Gasteiger partial charge in [-0.25, -0.2) is 24.0 Å². The fraction of sp³-hybridized carbons (Fsp3) is 0.625. The van der Waals surface area contributed by atoms with Crippen LogP contribution in [0.3, 0.4) is 0 Å². The lowest BCUT2D eigenvalue weighted by molar-refractivity contribution is -0.138. The smallest absolute Gasteiger partial charge is 0.333 e. The Morgan fingerprint density at radius 2 is 0.958 bits per heavy atom. The van der Waals surface area contributed by atoms with Crippen LogP contribution >= 0.6 is 0 Å². The van der Waals surface area contributed by atoms with Crippen molar-refractivity contribution in [2.24, 2.45) is 26.2 Å². The van der Waals surface area contributed by atoms with Crippen LogP contribution in [0.15, 0.2) is 91.4 Å². The van der Waals surface area contributed by atoms with Crippen molar-refractivity contribution >= 4 is 53.5 Å². The van der Waals surface area contributed by atoms with E-state index in [0.29, 0.717) is 29.6 Å². The van der Waals surface area contributed by atoms with Crippen LogP contribution in [-0.2, 0) is 76.3 Å². The van der Waals surface area contributed by atoms with Crippen molar-refractivity contribution < 1.29 is 102 Å². The molecule has 0 aromatic heterocycles. The number of esters is 4. The number of ether oxygens (including phenoxy) is 7. The molecule has 95 heavy (non-hydrogen) atoms. The molecule has 39 heteroatoms. The lowest BCUT2D eigenvalue weighted by atomic mass is 9.88. The molecule has 2 unspecified atom stereocenters. The lowest BCUT2D eigenvalue weighted by Crippen LogP contribution is -2.56. The van der Waals surface area contributed by atoms with Gasteiger partial charge in [0.1, 0.15) is 12.2 Å². The summed E-state index contributed by atoms with van der Waals surface area (Å²) in [6, 6.07) is -4.50. The highest BCUT2D eigenvalue weighted by molar-refractivity contribution is 5.91. The van der Waals surface area contributed by atoms with Gasteiger partial charge in [0, 0.05) is 119 Å². The van der Waals surface area contributed by atoms with E-state index in [4.69, 9.17) is 57.4 Å². The normalized spacial score (nSPS) is 27.4. The number of azide groups is 4. The van der Waals surface area contributed by atoms with Gasteiger partial charge in [-0.05, 0) is 28.5 Å². The second kappa shape index (κ2) is 39.9. The Morgan fingerprint density at radius 1 is 0.589 bits per heavy atom. The molecular weight excluding hydrogens is 1260 g/mol. The van der Waals surface area contributed by atoms with E-state index < -0.39 is 110 Å². The fourth-order valence-corrected chi connectivity index (χ4v) is 10.6. The van der Waals surface area contributed by atoms with E-state index in [9.17, 15) is 53.4 Å². The van der Waals surface area contributed by atoms with Crippen molar-refractivity contribution in [1.29, 1.82) is 0 Å². The summed E-state index contributed by atoms with van der Waals surface area (Å²) in [5.41, 5.74) is 41.7. The van der Waals surface area contributed by atoms with Gasteiger partial charge in [-0.2, -0.15) is 0 Å². The van der Waals surface area contributed by atoms with Gasteiger partial charge in [0.05, 0.1) is 134 Å². The van der Waals surface area contributed by atoms with Crippen molar-refractivity contribution in [2.45, 2.75) is 163 Å². The van der Waals surface area contributed by atoms with Crippen molar-refractivity contribution in [1.82, 2.24) is 26.2 Å². The molecule has 7 rings (SSSR count). The molecule has 4 amide bonds. The fourth-order valence-electron chi connectivity index (χ4n) is 10.6. The third-order valence-electron chi connectivity index (χ3n) is 14.9. The Labute approximate surface area is 543 Å². The van der Waals surface area contributed by atoms with Crippen molar-refractivity contribution in [3.05, 3.63) is 113 Å². The molecule has 7 aliphatic rings. The maximum atomic E-state index is 11.7. The van der Waals surface area contributed by atoms with E-state index in [2.05, 4.69) is 86.9 Å². The number of aliphatic hydroxyl groups excluding tert-OH is 4. The van der Waals surface area contributed by atoms with Crippen molar-refractivity contribution in [3.63, 3.8) is 0 Å². The number of hydrogen-bond donors (Lipinski definition) is 10. The number of carboxylic acid groups (broad SMARTS) is 1. The molecule has 0 radical (unpaired) electrons. The van der Waals surface area contributed by atoms with Crippen molar-refractivity contribution in [3.8, 4) is 0 Å². The minimum absolute atomic E-state index is 0.0397. The first kappa shape index (κ1) is 79.8. The Balaban J connectivity index is 0.000000312. The second-order valence-electron chi connectivity index (χ2n) is 21.6. The van der Waals surface area contributed by atoms with E-state index in [1.54, 1.807) is 23.1 Å². The lowest BCUT2D eigenvalue weighted by Gasteiger charge is -2.35. The van der Waals surface area contributed by atoms with E-state index in [1.807, 2.05) is 0 Å². The number of nitrogens with zero attached hydrogens (tertiary/aromatic N) is 13. The SMILES string of the molecule is C=CCO[C@@H]1CC(C(=O)OC)=C[C@H](N=[N+]=[N-])[C@H]1NC(C)=O.CC(=O)N[C@@H]1[C@@H](N)C=C(C(=O)O)C[C@H]1OCC(O)CO.COC(=O)C1=C[C@H](N=[N+]=[N-])[C@@H](NC(C)=O)[C@H](OCC(O)CO)C1.COC(=O)C1=C[C@H](N=[N+]=[N-])[C@@H]2[C@H](C1)N2C(C)=O.COC(=O)C1=C[C@H](N=[N+]=[N-])[C@H]2N[C@H]2C1. The molecule has 11 N–H and O–H groups in total. The van der Waals surface area contributed by atoms with Crippen molar-refractivity contribution in [2.75, 3.05) is 61.5 Å². The third-order valence-corrected chi connectivity index (χ3v) is 14.9. The third kappa shape index (κ3) is 24.8. The standard InChI is InChI=1S/C13H20N4O6.C13H18N4O4.C12H20N2O6.C10H12N4O3.C8H10N4O2/c1-7(19)15-12-10(16-17-14)3-8(13(21)22-2)4-11(12)23-6-9(20)5-18;1-4-5-21-11-7-9(13(19)20-3)6-10(16-17-14)12(11)15-8(2)18;1-6(16)14-11-9(13)2-7(12(18)19)3-10(11)20-5-8(17)4-15;1-5(15)14-8-4-6(10(16)17-2)3-7(9(8)14)12-13-11;1-14-8(13)4-2-5-7(10-5)6(3-4)11-12-9/h3,9-12,18,20H,4-6H2,1-2H3,(H,15,19);4,6,10-12H,1,5,7H2,2-3H3,(H,15,18);2,8-11,15,17H,3-5,13H2,1H3,(H,14,16)(H,18,19);3,7-9H,4H2,1-2H3;3,5-7,10H,2H2,1H3/t9?,10-,11+,12+;10-,11+,12+;8?,9-,10+,11+;7-,8-,9+,14?;5-,6-,7-/m00000/s1. The summed E-state index contributed by atoms with van der Waals surface area (Å²) in [4.78, 5) is 115. The zero-order valence-corrected chi connectivity index (χ0v) is 53.2. The topological polar surface area (TPSA) is 601 Å². The highest BCUT2D eigenvalue weighted by Crippen LogP contribution is 2.42. The molecule has 2 fully saturated rings. The number of carbonyl (C=O) groups is 9. The van der Waals surface area contributed by atoms with Crippen LogP contribution in [0.1, 0.15) is 59.8 Å². The maximum absolute atomic E-state index is 11.7. The van der Waals surface area contributed by atoms with Crippen LogP contribution in [-0.4, -0.2) is 248 Å². The number of carbonyl (C=O) groups excluding carboxylic acids is 8. The average molecular weight is 1340 g/mol. The van der Waals surface area contributed by atoms with Crippen LogP contribution < -0.4 is 27.0 Å². The number of nitrogens with two attached hydrogens (primary N) is 1. The van der Waals surface area contributed by atoms with Crippen LogP contribution in [0.5, 0.6) is 0 Å². The van der Waals surface area contributed by atoms with Crippen LogP contribution in [0, 0.1) is 0 Å². The van der Waals surface area contributed by atoms with Gasteiger partial charge >= 0.3 is 29.8 Å². The molecule has 0 spiro atoms. The van der Waals surface area contributed by atoms with E-state index in [0.717, 1.165) is 0 Å². The number of aliphatic carboxylic acids is 1. The first-order chi connectivity index (χ1) is 45.1. The van der Waals surface area contributed by atoms with Crippen LogP contribution in [0.2, 0.25) is 0 Å². The molecule has 0 saturated carbocycles. The molecule has 0 bridgehead atoms. The average Bonchev–Trinajstić information content (AvgIpc) is 1.58. The zero-order chi connectivity index (χ0) is 71.2. The Hall–Kier alpha value is -9.45. The molecule has 2 aliphatic heterocycles. The number of methoxy groups -OCH3 is 4. The number of amides is 4. The summed E-state index contributed by atoms with van der Waals surface area (Å²) >= 11 is 0. The Morgan fingerprint density at radius 3 is 1.36 bits per heavy atom. The summed E-state index contributed by atoms with van der Waals surface area (Å²) in [5.74, 6) is -4.00. The summed E-state index contributed by atoms with van der Waals surface area (Å²) in [7, 11) is 5.13. The molecular formula is C56H80N18O21. The minimum Gasteiger partial charge on any atom is -0.478 e. The van der Waals surface area contributed by atoms with Gasteiger partial charge in [-0.3, -0.25) is 19.2 Å². The molecule has 39 nitrogen and oxygen atoms in total. The zero-order valence-electron chi connectivity index (χ0n) is 53.2. The molecule has 5 aliphatic carbocycles. The van der Waals surface area contributed by atoms with E-state index in [-0.39, 0.29) is 110 Å². The number of fused-ring (bicyclic) bond motifs is 2. The monoisotopic (exact) mass is 1340 g/mol.